The first-order valence-electron chi connectivity index (χ1n) is 6.72. The molecule has 0 unspecified atom stereocenters. The molecular weight excluding hydrogens is 274 g/mol. The van der Waals surface area contributed by atoms with E-state index in [-0.39, 0.29) is 11.8 Å². The van der Waals surface area contributed by atoms with Crippen molar-refractivity contribution in [1.29, 1.82) is 0 Å². The van der Waals surface area contributed by atoms with E-state index in [0.717, 1.165) is 33.9 Å². The Morgan fingerprint density at radius 1 is 1.45 bits per heavy atom. The minimum absolute atomic E-state index is 0.181. The fourth-order valence-electron chi connectivity index (χ4n) is 1.95. The van der Waals surface area contributed by atoms with Gasteiger partial charge in [0.25, 0.3) is 0 Å². The van der Waals surface area contributed by atoms with Crippen molar-refractivity contribution in [2.24, 2.45) is 5.92 Å². The van der Waals surface area contributed by atoms with Crippen molar-refractivity contribution in [3.63, 3.8) is 0 Å². The van der Waals surface area contributed by atoms with E-state index in [1.54, 1.807) is 18.4 Å². The van der Waals surface area contributed by atoms with Crippen LogP contribution in [0.25, 0.3) is 10.2 Å². The van der Waals surface area contributed by atoms with Gasteiger partial charge in [-0.05, 0) is 31.0 Å². The molecule has 0 spiro atoms. The molecule has 5 nitrogen and oxygen atoms in total. The number of rotatable bonds is 6. The number of aromatic nitrogens is 1. The lowest BCUT2D eigenvalue weighted by Gasteiger charge is -2.04. The van der Waals surface area contributed by atoms with Crippen LogP contribution in [-0.2, 0) is 4.79 Å². The van der Waals surface area contributed by atoms with Gasteiger partial charge in [0.2, 0.25) is 5.91 Å². The highest BCUT2D eigenvalue weighted by Crippen LogP contribution is 2.29. The Balaban J connectivity index is 1.53. The molecule has 1 heterocycles. The van der Waals surface area contributed by atoms with Gasteiger partial charge in [-0.1, -0.05) is 11.3 Å². The van der Waals surface area contributed by atoms with Gasteiger partial charge >= 0.3 is 0 Å². The van der Waals surface area contributed by atoms with E-state index in [9.17, 15) is 4.79 Å². The van der Waals surface area contributed by atoms with Gasteiger partial charge in [-0.25, -0.2) is 4.98 Å². The Morgan fingerprint density at radius 2 is 2.30 bits per heavy atom. The number of fused-ring (bicyclic) bond motifs is 1. The first kappa shape index (κ1) is 13.2. The molecule has 0 saturated heterocycles. The third kappa shape index (κ3) is 3.01. The van der Waals surface area contributed by atoms with Crippen LogP contribution in [0.15, 0.2) is 18.2 Å². The summed E-state index contributed by atoms with van der Waals surface area (Å²) >= 11 is 1.59. The van der Waals surface area contributed by atoms with Crippen molar-refractivity contribution in [3.8, 4) is 5.75 Å². The molecule has 3 rings (SSSR count). The summed E-state index contributed by atoms with van der Waals surface area (Å²) in [6.45, 7) is 1.32. The van der Waals surface area contributed by atoms with Gasteiger partial charge in [-0.2, -0.15) is 0 Å². The Morgan fingerprint density at radius 3 is 3.05 bits per heavy atom. The molecule has 1 aromatic carbocycles. The van der Waals surface area contributed by atoms with Gasteiger partial charge in [-0.3, -0.25) is 4.79 Å². The van der Waals surface area contributed by atoms with E-state index in [1.807, 2.05) is 18.2 Å². The number of thiazole rings is 1. The predicted molar refractivity (Wildman–Crippen MR) is 80.4 cm³/mol. The van der Waals surface area contributed by atoms with Crippen LogP contribution in [0.4, 0.5) is 5.13 Å². The maximum absolute atomic E-state index is 11.5. The van der Waals surface area contributed by atoms with Crippen molar-refractivity contribution in [3.05, 3.63) is 18.2 Å². The van der Waals surface area contributed by atoms with E-state index in [2.05, 4.69) is 15.6 Å². The number of methoxy groups -OCH3 is 1. The first-order valence-corrected chi connectivity index (χ1v) is 7.54. The summed E-state index contributed by atoms with van der Waals surface area (Å²) in [7, 11) is 1.66. The Bertz CT molecular complexity index is 622. The number of hydrogen-bond acceptors (Lipinski definition) is 5. The van der Waals surface area contributed by atoms with Crippen LogP contribution < -0.4 is 15.4 Å². The summed E-state index contributed by atoms with van der Waals surface area (Å²) in [4.78, 5) is 16.0. The van der Waals surface area contributed by atoms with E-state index in [4.69, 9.17) is 4.74 Å². The van der Waals surface area contributed by atoms with Crippen LogP contribution in [-0.4, -0.2) is 31.1 Å². The molecule has 0 aliphatic heterocycles. The largest absolute Gasteiger partial charge is 0.497 e. The molecule has 1 saturated carbocycles. The number of nitrogens with zero attached hydrogens (tertiary/aromatic N) is 1. The maximum Gasteiger partial charge on any atom is 0.223 e. The second kappa shape index (κ2) is 5.66. The predicted octanol–water partition coefficient (Wildman–Crippen LogP) is 2.24. The van der Waals surface area contributed by atoms with E-state index in [1.165, 1.54) is 0 Å². The summed E-state index contributed by atoms with van der Waals surface area (Å²) < 4.78 is 6.29. The number of anilines is 1. The highest BCUT2D eigenvalue weighted by Gasteiger charge is 2.28. The normalized spacial score (nSPS) is 14.2. The van der Waals surface area contributed by atoms with Crippen LogP contribution in [0, 0.1) is 5.92 Å². The molecule has 1 fully saturated rings. The molecule has 106 valence electrons. The summed E-state index contributed by atoms with van der Waals surface area (Å²) in [5, 5.41) is 7.03. The third-order valence-corrected chi connectivity index (χ3v) is 4.22. The number of hydrogen-bond donors (Lipinski definition) is 2. The fourth-order valence-corrected chi connectivity index (χ4v) is 2.87. The molecular formula is C14H17N3O2S. The second-order valence-electron chi connectivity index (χ2n) is 4.84. The smallest absolute Gasteiger partial charge is 0.223 e. The average Bonchev–Trinajstić information content (AvgIpc) is 3.23. The van der Waals surface area contributed by atoms with Crippen molar-refractivity contribution in [2.45, 2.75) is 12.8 Å². The number of ether oxygens (including phenoxy) is 1. The zero-order chi connectivity index (χ0) is 13.9. The first-order chi connectivity index (χ1) is 9.76. The minimum Gasteiger partial charge on any atom is -0.497 e. The van der Waals surface area contributed by atoms with Crippen LogP contribution in [0.3, 0.4) is 0 Å². The number of benzene rings is 1. The molecule has 1 aliphatic rings. The highest BCUT2D eigenvalue weighted by molar-refractivity contribution is 7.22. The highest BCUT2D eigenvalue weighted by atomic mass is 32.1. The Hall–Kier alpha value is -1.82. The van der Waals surface area contributed by atoms with Gasteiger partial charge in [0, 0.05) is 19.0 Å². The quantitative estimate of drug-likeness (QED) is 0.801. The zero-order valence-corrected chi connectivity index (χ0v) is 12.1. The Kier molecular flexibility index (Phi) is 3.73. The van der Waals surface area contributed by atoms with Gasteiger partial charge in [0.15, 0.2) is 5.13 Å². The molecule has 0 atom stereocenters. The van der Waals surface area contributed by atoms with Crippen molar-refractivity contribution < 1.29 is 9.53 Å². The average molecular weight is 291 g/mol. The lowest BCUT2D eigenvalue weighted by atomic mass is 10.3. The Labute approximate surface area is 121 Å². The minimum atomic E-state index is 0.181. The van der Waals surface area contributed by atoms with Crippen LogP contribution in [0.5, 0.6) is 5.75 Å². The fraction of sp³-hybridized carbons (Fsp3) is 0.429. The van der Waals surface area contributed by atoms with Gasteiger partial charge in [0.1, 0.15) is 5.75 Å². The van der Waals surface area contributed by atoms with Crippen molar-refractivity contribution >= 4 is 32.6 Å². The standard InChI is InChI=1S/C14H17N3O2S/c1-19-10-4-5-11-12(8-10)20-14(17-11)16-7-6-15-13(18)9-2-3-9/h4-5,8-9H,2-3,6-7H2,1H3,(H,15,18)(H,16,17). The van der Waals surface area contributed by atoms with Gasteiger partial charge < -0.3 is 15.4 Å². The molecule has 1 aromatic heterocycles. The van der Waals surface area contributed by atoms with Crippen molar-refractivity contribution in [1.82, 2.24) is 10.3 Å². The van der Waals surface area contributed by atoms with E-state index < -0.39 is 0 Å². The van der Waals surface area contributed by atoms with Gasteiger partial charge in [-0.15, -0.1) is 0 Å². The lowest BCUT2D eigenvalue weighted by Crippen LogP contribution is -2.29. The van der Waals surface area contributed by atoms with E-state index >= 15 is 0 Å². The maximum atomic E-state index is 11.5. The number of carbonyl (C=O) groups excluding carboxylic acids is 1. The summed E-state index contributed by atoms with van der Waals surface area (Å²) in [6.07, 6.45) is 2.08. The third-order valence-electron chi connectivity index (χ3n) is 3.24. The van der Waals surface area contributed by atoms with Crippen LogP contribution >= 0.6 is 11.3 Å². The summed E-state index contributed by atoms with van der Waals surface area (Å²) in [6, 6.07) is 5.83. The topological polar surface area (TPSA) is 63.2 Å². The molecule has 2 aromatic rings. The number of nitrogens with one attached hydrogen (secondary N) is 2. The van der Waals surface area contributed by atoms with E-state index in [0.29, 0.717) is 13.1 Å². The molecule has 0 bridgehead atoms. The number of amides is 1. The molecule has 20 heavy (non-hydrogen) atoms. The van der Waals surface area contributed by atoms with Crippen LogP contribution in [0.1, 0.15) is 12.8 Å². The zero-order valence-electron chi connectivity index (χ0n) is 11.3. The molecule has 2 N–H and O–H groups in total. The molecule has 1 aliphatic carbocycles. The molecule has 1 amide bonds. The van der Waals surface area contributed by atoms with Crippen molar-refractivity contribution in [2.75, 3.05) is 25.5 Å². The number of carbonyl (C=O) groups is 1. The molecule has 0 radical (unpaired) electrons. The molecule has 6 heteroatoms. The monoisotopic (exact) mass is 291 g/mol. The second-order valence-corrected chi connectivity index (χ2v) is 5.88. The summed E-state index contributed by atoms with van der Waals surface area (Å²) in [5.74, 6) is 1.29. The lowest BCUT2D eigenvalue weighted by molar-refractivity contribution is -0.122. The van der Waals surface area contributed by atoms with Crippen LogP contribution in [0.2, 0.25) is 0 Å². The van der Waals surface area contributed by atoms with Gasteiger partial charge in [0.05, 0.1) is 17.3 Å². The summed E-state index contributed by atoms with van der Waals surface area (Å²) in [5.41, 5.74) is 0.959. The SMILES string of the molecule is COc1ccc2nc(NCCNC(=O)C3CC3)sc2c1.